The first-order valence-electron chi connectivity index (χ1n) is 13.7. The summed E-state index contributed by atoms with van der Waals surface area (Å²) >= 11 is 0. The second-order valence-corrected chi connectivity index (χ2v) is 11.1. The first kappa shape index (κ1) is 26.5. The van der Waals surface area contributed by atoms with Gasteiger partial charge in [-0.2, -0.15) is 0 Å². The Hall–Kier alpha value is -4.42. The molecule has 0 amide bonds. The van der Waals surface area contributed by atoms with Crippen LogP contribution in [0.15, 0.2) is 35.5 Å². The molecule has 0 bridgehead atoms. The van der Waals surface area contributed by atoms with E-state index in [-0.39, 0.29) is 28.7 Å². The third-order valence-corrected chi connectivity index (χ3v) is 8.77. The van der Waals surface area contributed by atoms with Crippen LogP contribution in [0.3, 0.4) is 0 Å². The summed E-state index contributed by atoms with van der Waals surface area (Å²) in [5.41, 5.74) is 3.45. The fraction of sp³-hybridized carbons (Fsp3) is 0.333. The van der Waals surface area contributed by atoms with Crippen molar-refractivity contribution in [3.05, 3.63) is 69.4 Å². The number of rotatable bonds is 4. The minimum absolute atomic E-state index is 0.0772. The summed E-state index contributed by atoms with van der Waals surface area (Å²) in [5, 5.41) is 12.7. The zero-order valence-electron chi connectivity index (χ0n) is 23.2. The number of halogens is 2. The number of likely N-dealkylation sites (N-methyl/N-ethyl adjacent to an activating group) is 1. The lowest BCUT2D eigenvalue weighted by atomic mass is 9.97. The van der Waals surface area contributed by atoms with Crippen molar-refractivity contribution in [3.8, 4) is 22.3 Å². The molecule has 1 aromatic carbocycles. The third-order valence-electron chi connectivity index (χ3n) is 8.77. The molecule has 2 saturated heterocycles. The lowest BCUT2D eigenvalue weighted by Gasteiger charge is -2.33. The van der Waals surface area contributed by atoms with E-state index < -0.39 is 23.0 Å². The number of pyridine rings is 3. The van der Waals surface area contributed by atoms with Crippen molar-refractivity contribution < 1.29 is 23.4 Å². The Kier molecular flexibility index (Phi) is 6.03. The Labute approximate surface area is 239 Å². The van der Waals surface area contributed by atoms with Crippen LogP contribution in [0.5, 0.6) is 0 Å². The van der Waals surface area contributed by atoms with E-state index >= 15 is 4.39 Å². The van der Waals surface area contributed by atoms with E-state index in [1.807, 2.05) is 7.05 Å². The molecule has 5 heterocycles. The predicted molar refractivity (Wildman–Crippen MR) is 153 cm³/mol. The number of anilines is 2. The SMILES string of the molecule is CNc1cc(F)c(F)c2c1Cc1ncc(-c3cnc4c(c3)c(=O)c(C(=O)O)cn4C)c(N3CC4OCCN(C)C4C3)c1-2. The number of aryl methyl sites for hydroxylation is 1. The molecule has 4 aromatic rings. The fourth-order valence-electron chi connectivity index (χ4n) is 6.68. The zero-order chi connectivity index (χ0) is 29.4. The van der Waals surface area contributed by atoms with Gasteiger partial charge < -0.3 is 24.6 Å². The number of carboxylic acids is 1. The molecule has 12 heteroatoms. The van der Waals surface area contributed by atoms with Gasteiger partial charge in [-0.25, -0.2) is 18.6 Å². The molecule has 0 saturated carbocycles. The number of nitrogens with one attached hydrogen (secondary N) is 1. The van der Waals surface area contributed by atoms with Crippen LogP contribution < -0.4 is 15.6 Å². The van der Waals surface area contributed by atoms with E-state index in [2.05, 4.69) is 20.1 Å². The zero-order valence-corrected chi connectivity index (χ0v) is 23.2. The molecule has 2 fully saturated rings. The van der Waals surface area contributed by atoms with Gasteiger partial charge in [-0.3, -0.25) is 14.7 Å². The number of morpholine rings is 1. The molecule has 7 rings (SSSR count). The van der Waals surface area contributed by atoms with Crippen molar-refractivity contribution in [2.24, 2.45) is 7.05 Å². The first-order chi connectivity index (χ1) is 20.2. The van der Waals surface area contributed by atoms with Gasteiger partial charge in [0.25, 0.3) is 0 Å². The van der Waals surface area contributed by atoms with Gasteiger partial charge in [0.15, 0.2) is 11.6 Å². The molecule has 3 aromatic heterocycles. The lowest BCUT2D eigenvalue weighted by Crippen LogP contribution is -2.48. The molecule has 3 aliphatic rings. The van der Waals surface area contributed by atoms with E-state index in [4.69, 9.17) is 9.72 Å². The molecule has 0 spiro atoms. The predicted octanol–water partition coefficient (Wildman–Crippen LogP) is 3.10. The van der Waals surface area contributed by atoms with Crippen LogP contribution in [-0.2, 0) is 18.2 Å². The number of fused-ring (bicyclic) bond motifs is 5. The highest BCUT2D eigenvalue weighted by atomic mass is 19.2. The van der Waals surface area contributed by atoms with Crippen LogP contribution in [0.25, 0.3) is 33.3 Å². The molecule has 1 aliphatic carbocycles. The smallest absolute Gasteiger partial charge is 0.341 e. The number of ether oxygens (including phenoxy) is 1. The van der Waals surface area contributed by atoms with Crippen molar-refractivity contribution in [2.75, 3.05) is 50.6 Å². The topological polar surface area (TPSA) is 113 Å². The summed E-state index contributed by atoms with van der Waals surface area (Å²) in [6, 6.07) is 2.87. The second-order valence-electron chi connectivity index (χ2n) is 11.1. The van der Waals surface area contributed by atoms with Crippen molar-refractivity contribution in [1.29, 1.82) is 0 Å². The molecule has 2 N–H and O–H groups in total. The Morgan fingerprint density at radius 1 is 1.14 bits per heavy atom. The number of hydrogen-bond acceptors (Lipinski definition) is 8. The minimum atomic E-state index is -1.33. The molecule has 216 valence electrons. The van der Waals surface area contributed by atoms with Crippen LogP contribution in [0.2, 0.25) is 0 Å². The number of hydrogen-bond donors (Lipinski definition) is 2. The second kappa shape index (κ2) is 9.57. The summed E-state index contributed by atoms with van der Waals surface area (Å²) < 4.78 is 38.2. The normalized spacial score (nSPS) is 19.6. The van der Waals surface area contributed by atoms with Gasteiger partial charge in [-0.1, -0.05) is 0 Å². The van der Waals surface area contributed by atoms with Crippen LogP contribution in [0.4, 0.5) is 20.2 Å². The number of aromatic nitrogens is 3. The van der Waals surface area contributed by atoms with Gasteiger partial charge in [-0.05, 0) is 18.7 Å². The molecule has 42 heavy (non-hydrogen) atoms. The Balaban J connectivity index is 1.50. The fourth-order valence-corrected chi connectivity index (χ4v) is 6.68. The van der Waals surface area contributed by atoms with E-state index in [9.17, 15) is 19.1 Å². The van der Waals surface area contributed by atoms with Crippen LogP contribution in [0.1, 0.15) is 21.6 Å². The Morgan fingerprint density at radius 2 is 1.95 bits per heavy atom. The summed E-state index contributed by atoms with van der Waals surface area (Å²) in [6.07, 6.45) is 4.76. The molecule has 0 radical (unpaired) electrons. The molecule has 2 atom stereocenters. The average Bonchev–Trinajstić information content (AvgIpc) is 3.59. The Bertz CT molecular complexity index is 1880. The maximum Gasteiger partial charge on any atom is 0.341 e. The van der Waals surface area contributed by atoms with E-state index in [1.165, 1.54) is 10.8 Å². The molecular weight excluding hydrogens is 546 g/mol. The van der Waals surface area contributed by atoms with E-state index in [0.717, 1.165) is 12.6 Å². The standard InChI is InChI=1S/C30H28F2N6O4/c1-33-20-8-19(31)26(32)24-15(20)7-21-25(24)27(38-12-22-23(13-38)42-5-4-36(22)2)17(10-34-21)14-6-16-28(39)18(30(40)41)11-37(3)29(16)35-9-14/h6,8-11,22-23,33H,4-5,7,12-13H2,1-3H3,(H,40,41). The number of nitrogens with zero attached hydrogens (tertiary/aromatic N) is 5. The molecule has 10 nitrogen and oxygen atoms in total. The van der Waals surface area contributed by atoms with Crippen LogP contribution in [0, 0.1) is 11.6 Å². The minimum Gasteiger partial charge on any atom is -0.477 e. The van der Waals surface area contributed by atoms with Gasteiger partial charge in [0.1, 0.15) is 11.2 Å². The van der Waals surface area contributed by atoms with Gasteiger partial charge in [0, 0.05) is 92.7 Å². The maximum absolute atomic E-state index is 15.7. The van der Waals surface area contributed by atoms with Gasteiger partial charge in [0.05, 0.1) is 35.5 Å². The number of carbonyl (C=O) groups is 1. The quantitative estimate of drug-likeness (QED) is 0.334. The van der Waals surface area contributed by atoms with Gasteiger partial charge in [-0.15, -0.1) is 0 Å². The first-order valence-corrected chi connectivity index (χ1v) is 13.7. The lowest BCUT2D eigenvalue weighted by molar-refractivity contribution is -0.0362. The van der Waals surface area contributed by atoms with Crippen molar-refractivity contribution in [3.63, 3.8) is 0 Å². The Morgan fingerprint density at radius 3 is 2.69 bits per heavy atom. The van der Waals surface area contributed by atoms with Gasteiger partial charge >= 0.3 is 5.97 Å². The van der Waals surface area contributed by atoms with Crippen LogP contribution in [-0.4, -0.2) is 83.0 Å². The monoisotopic (exact) mass is 574 g/mol. The van der Waals surface area contributed by atoms with E-state index in [1.54, 1.807) is 32.6 Å². The summed E-state index contributed by atoms with van der Waals surface area (Å²) in [7, 11) is 5.34. The summed E-state index contributed by atoms with van der Waals surface area (Å²) in [5.74, 6) is -3.23. The number of aromatic carboxylic acids is 1. The highest BCUT2D eigenvalue weighted by molar-refractivity contribution is 5.98. The largest absolute Gasteiger partial charge is 0.477 e. The van der Waals surface area contributed by atoms with Crippen molar-refractivity contribution in [2.45, 2.75) is 18.6 Å². The van der Waals surface area contributed by atoms with Crippen LogP contribution >= 0.6 is 0 Å². The summed E-state index contributed by atoms with van der Waals surface area (Å²) in [6.45, 7) is 2.50. The summed E-state index contributed by atoms with van der Waals surface area (Å²) in [4.78, 5) is 38.5. The molecule has 2 aliphatic heterocycles. The van der Waals surface area contributed by atoms with Crippen molar-refractivity contribution in [1.82, 2.24) is 19.4 Å². The maximum atomic E-state index is 15.7. The highest BCUT2D eigenvalue weighted by Gasteiger charge is 2.42. The highest BCUT2D eigenvalue weighted by Crippen LogP contribution is 2.50. The number of carboxylic acid groups (broad SMARTS) is 1. The number of benzene rings is 1. The molecule has 2 unspecified atom stereocenters. The van der Waals surface area contributed by atoms with Gasteiger partial charge in [0.2, 0.25) is 5.43 Å². The average molecular weight is 575 g/mol. The van der Waals surface area contributed by atoms with E-state index in [0.29, 0.717) is 71.1 Å². The van der Waals surface area contributed by atoms with Crippen molar-refractivity contribution >= 4 is 28.4 Å². The molecular formula is C30H28F2N6O4. The third kappa shape index (κ3) is 3.82.